The summed E-state index contributed by atoms with van der Waals surface area (Å²) in [6.07, 6.45) is 5.07. The Morgan fingerprint density at radius 2 is 1.87 bits per heavy atom. The number of hydrogen-bond acceptors (Lipinski definition) is 7. The van der Waals surface area contributed by atoms with Crippen molar-refractivity contribution in [2.45, 2.75) is 46.7 Å². The number of nitrogens with zero attached hydrogens (tertiary/aromatic N) is 6. The van der Waals surface area contributed by atoms with Gasteiger partial charge in [-0.15, -0.1) is 0 Å². The van der Waals surface area contributed by atoms with Crippen LogP contribution in [0.3, 0.4) is 0 Å². The lowest BCUT2D eigenvalue weighted by Gasteiger charge is -2.19. The first-order chi connectivity index (χ1) is 14.8. The molecule has 4 rings (SSSR count). The highest BCUT2D eigenvalue weighted by molar-refractivity contribution is 5.98. The summed E-state index contributed by atoms with van der Waals surface area (Å²) in [7, 11) is 0. The molecule has 0 radical (unpaired) electrons. The maximum absolute atomic E-state index is 13.1. The monoisotopic (exact) mass is 419 g/mol. The minimum atomic E-state index is -0.441. The Labute approximate surface area is 179 Å². The Hall–Kier alpha value is -3.62. The Morgan fingerprint density at radius 3 is 2.55 bits per heavy atom. The third kappa shape index (κ3) is 4.03. The van der Waals surface area contributed by atoms with Gasteiger partial charge in [-0.2, -0.15) is 10.1 Å². The molecule has 31 heavy (non-hydrogen) atoms. The van der Waals surface area contributed by atoms with Crippen LogP contribution in [0.2, 0.25) is 0 Å². The predicted molar refractivity (Wildman–Crippen MR) is 115 cm³/mol. The lowest BCUT2D eigenvalue weighted by atomic mass is 10.0. The van der Waals surface area contributed by atoms with Crippen LogP contribution < -0.4 is 5.32 Å². The number of nitrogens with one attached hydrogen (secondary N) is 1. The van der Waals surface area contributed by atoms with Crippen molar-refractivity contribution in [1.82, 2.24) is 35.2 Å². The summed E-state index contributed by atoms with van der Waals surface area (Å²) >= 11 is 0. The summed E-state index contributed by atoms with van der Waals surface area (Å²) < 4.78 is 7.33. The van der Waals surface area contributed by atoms with E-state index in [0.29, 0.717) is 23.0 Å². The van der Waals surface area contributed by atoms with Gasteiger partial charge >= 0.3 is 0 Å². The fourth-order valence-electron chi connectivity index (χ4n) is 3.39. The zero-order valence-electron chi connectivity index (χ0n) is 18.2. The average Bonchev–Trinajstić information content (AvgIpc) is 3.38. The molecule has 160 valence electrons. The number of aryl methyl sites for hydroxylation is 1. The summed E-state index contributed by atoms with van der Waals surface area (Å²) in [6, 6.07) is 5.18. The molecule has 4 heterocycles. The van der Waals surface area contributed by atoms with Crippen LogP contribution in [0.1, 0.15) is 61.7 Å². The minimum absolute atomic E-state index is 0.0374. The molecule has 4 aromatic rings. The normalized spacial score (nSPS) is 12.6. The molecular weight excluding hydrogens is 394 g/mol. The summed E-state index contributed by atoms with van der Waals surface area (Å²) in [5, 5.41) is 12.3. The molecule has 0 aliphatic heterocycles. The van der Waals surface area contributed by atoms with Gasteiger partial charge in [0, 0.05) is 29.4 Å². The second-order valence-electron chi connectivity index (χ2n) is 8.10. The first-order valence-electron chi connectivity index (χ1n) is 10.2. The fourth-order valence-corrected chi connectivity index (χ4v) is 3.39. The summed E-state index contributed by atoms with van der Waals surface area (Å²) in [5.41, 5.74) is 2.70. The van der Waals surface area contributed by atoms with Crippen LogP contribution in [0, 0.1) is 12.8 Å². The fraction of sp³-hybridized carbons (Fsp3) is 0.364. The third-order valence-corrected chi connectivity index (χ3v) is 5.09. The lowest BCUT2D eigenvalue weighted by Crippen LogP contribution is -2.32. The standard InChI is InChI=1S/C22H25N7O2/c1-12(2)18(22-27-19(28-31-22)15-6-8-23-9-7-15)26-21(30)17-10-16-11-24-29(13(3)4)20(16)25-14(17)5/h6-13,18H,1-5H3,(H,26,30). The van der Waals surface area contributed by atoms with Gasteiger partial charge in [0.1, 0.15) is 6.04 Å². The number of hydrogen-bond donors (Lipinski definition) is 1. The summed E-state index contributed by atoms with van der Waals surface area (Å²) in [6.45, 7) is 9.89. The highest BCUT2D eigenvalue weighted by Gasteiger charge is 2.26. The van der Waals surface area contributed by atoms with Crippen LogP contribution in [0.25, 0.3) is 22.4 Å². The molecule has 0 saturated carbocycles. The minimum Gasteiger partial charge on any atom is -0.340 e. The molecule has 1 amide bonds. The third-order valence-electron chi connectivity index (χ3n) is 5.09. The Balaban J connectivity index is 1.61. The molecule has 1 N–H and O–H groups in total. The SMILES string of the molecule is Cc1nc2c(cnn2C(C)C)cc1C(=O)NC(c1nc(-c2ccncc2)no1)C(C)C. The molecule has 9 heteroatoms. The van der Waals surface area contributed by atoms with Gasteiger partial charge in [0.2, 0.25) is 11.7 Å². The second-order valence-corrected chi connectivity index (χ2v) is 8.10. The molecule has 0 bridgehead atoms. The number of rotatable bonds is 6. The van der Waals surface area contributed by atoms with Crippen LogP contribution in [-0.2, 0) is 0 Å². The van der Waals surface area contributed by atoms with Crippen LogP contribution in [0.15, 0.2) is 41.3 Å². The van der Waals surface area contributed by atoms with E-state index in [4.69, 9.17) is 4.52 Å². The number of amides is 1. The second kappa shape index (κ2) is 8.25. The highest BCUT2D eigenvalue weighted by atomic mass is 16.5. The van der Waals surface area contributed by atoms with E-state index in [0.717, 1.165) is 16.6 Å². The summed E-state index contributed by atoms with van der Waals surface area (Å²) in [4.78, 5) is 26.3. The van der Waals surface area contributed by atoms with E-state index < -0.39 is 6.04 Å². The Kier molecular flexibility index (Phi) is 5.50. The highest BCUT2D eigenvalue weighted by Crippen LogP contribution is 2.25. The molecule has 0 spiro atoms. The topological polar surface area (TPSA) is 112 Å². The Morgan fingerprint density at radius 1 is 1.13 bits per heavy atom. The molecule has 4 aromatic heterocycles. The quantitative estimate of drug-likeness (QED) is 0.504. The molecule has 0 saturated heterocycles. The Bertz CT molecular complexity index is 1210. The molecule has 0 aromatic carbocycles. The van der Waals surface area contributed by atoms with E-state index in [1.807, 2.05) is 45.4 Å². The van der Waals surface area contributed by atoms with E-state index >= 15 is 0 Å². The zero-order valence-corrected chi connectivity index (χ0v) is 18.2. The van der Waals surface area contributed by atoms with Gasteiger partial charge in [0.25, 0.3) is 5.91 Å². The van der Waals surface area contributed by atoms with Crippen LogP contribution in [0.5, 0.6) is 0 Å². The van der Waals surface area contributed by atoms with Gasteiger partial charge in [-0.3, -0.25) is 9.78 Å². The van der Waals surface area contributed by atoms with Crippen molar-refractivity contribution in [3.8, 4) is 11.4 Å². The molecule has 9 nitrogen and oxygen atoms in total. The van der Waals surface area contributed by atoms with E-state index in [1.165, 1.54) is 0 Å². The van der Waals surface area contributed by atoms with Gasteiger partial charge in [-0.25, -0.2) is 9.67 Å². The number of pyridine rings is 2. The number of carbonyl (C=O) groups excluding carboxylic acids is 1. The van der Waals surface area contributed by atoms with Crippen LogP contribution in [0.4, 0.5) is 0 Å². The van der Waals surface area contributed by atoms with Crippen molar-refractivity contribution < 1.29 is 9.32 Å². The molecule has 0 fully saturated rings. The summed E-state index contributed by atoms with van der Waals surface area (Å²) in [5.74, 6) is 0.606. The van der Waals surface area contributed by atoms with Crippen molar-refractivity contribution in [2.75, 3.05) is 0 Å². The molecule has 0 aliphatic carbocycles. The van der Waals surface area contributed by atoms with Crippen LogP contribution >= 0.6 is 0 Å². The lowest BCUT2D eigenvalue weighted by molar-refractivity contribution is 0.0913. The smallest absolute Gasteiger partial charge is 0.253 e. The first kappa shape index (κ1) is 20.6. The van der Waals surface area contributed by atoms with E-state index in [-0.39, 0.29) is 17.9 Å². The molecule has 1 atom stereocenters. The first-order valence-corrected chi connectivity index (χ1v) is 10.2. The van der Waals surface area contributed by atoms with Crippen molar-refractivity contribution in [2.24, 2.45) is 5.92 Å². The van der Waals surface area contributed by atoms with Crippen molar-refractivity contribution >= 4 is 16.9 Å². The van der Waals surface area contributed by atoms with E-state index in [2.05, 4.69) is 30.5 Å². The van der Waals surface area contributed by atoms with Gasteiger partial charge in [0.05, 0.1) is 17.5 Å². The number of aromatic nitrogens is 6. The molecule has 0 aliphatic rings. The van der Waals surface area contributed by atoms with Crippen molar-refractivity contribution in [3.05, 3.63) is 53.9 Å². The van der Waals surface area contributed by atoms with Gasteiger partial charge in [-0.1, -0.05) is 19.0 Å². The van der Waals surface area contributed by atoms with Gasteiger partial charge < -0.3 is 9.84 Å². The largest absolute Gasteiger partial charge is 0.340 e. The zero-order chi connectivity index (χ0) is 22.1. The average molecular weight is 419 g/mol. The van der Waals surface area contributed by atoms with Gasteiger partial charge in [-0.05, 0) is 44.9 Å². The van der Waals surface area contributed by atoms with E-state index in [1.54, 1.807) is 30.7 Å². The molecule has 1 unspecified atom stereocenters. The van der Waals surface area contributed by atoms with Gasteiger partial charge in [0.15, 0.2) is 5.65 Å². The number of carbonyl (C=O) groups is 1. The molecular formula is C22H25N7O2. The maximum atomic E-state index is 13.1. The predicted octanol–water partition coefficient (Wildman–Crippen LogP) is 3.89. The van der Waals surface area contributed by atoms with Crippen LogP contribution in [-0.4, -0.2) is 35.8 Å². The van der Waals surface area contributed by atoms with E-state index in [9.17, 15) is 4.79 Å². The van der Waals surface area contributed by atoms with Crippen molar-refractivity contribution in [3.63, 3.8) is 0 Å². The maximum Gasteiger partial charge on any atom is 0.253 e. The van der Waals surface area contributed by atoms with Crippen molar-refractivity contribution in [1.29, 1.82) is 0 Å². The number of fused-ring (bicyclic) bond motifs is 1.